The van der Waals surface area contributed by atoms with E-state index in [2.05, 4.69) is 16.4 Å². The van der Waals surface area contributed by atoms with Gasteiger partial charge in [0.25, 0.3) is 0 Å². The standard InChI is InChI=1S/C12H13NO2S/c1-14-11-6-5-9(12(13-11)15-2)8-10-4-3-7-16-10/h3-7H,8H2,1-2H3. The molecule has 0 aliphatic carbocycles. The first kappa shape index (κ1) is 11.0. The molecule has 0 amide bonds. The molecule has 16 heavy (non-hydrogen) atoms. The number of ether oxygens (including phenoxy) is 2. The number of aromatic nitrogens is 1. The van der Waals surface area contributed by atoms with Gasteiger partial charge in [-0.3, -0.25) is 0 Å². The first-order valence-electron chi connectivity index (χ1n) is 4.93. The number of hydrogen-bond donors (Lipinski definition) is 0. The Balaban J connectivity index is 2.26. The largest absolute Gasteiger partial charge is 0.481 e. The smallest absolute Gasteiger partial charge is 0.219 e. The molecule has 4 heteroatoms. The van der Waals surface area contributed by atoms with E-state index in [1.54, 1.807) is 25.6 Å². The molecule has 0 atom stereocenters. The van der Waals surface area contributed by atoms with Crippen molar-refractivity contribution in [3.63, 3.8) is 0 Å². The molecule has 2 rings (SSSR count). The topological polar surface area (TPSA) is 31.4 Å². The summed E-state index contributed by atoms with van der Waals surface area (Å²) in [5.41, 5.74) is 1.07. The molecule has 2 heterocycles. The summed E-state index contributed by atoms with van der Waals surface area (Å²) in [4.78, 5) is 5.55. The molecular weight excluding hydrogens is 222 g/mol. The van der Waals surface area contributed by atoms with Crippen LogP contribution in [-0.4, -0.2) is 19.2 Å². The van der Waals surface area contributed by atoms with Crippen molar-refractivity contribution in [1.29, 1.82) is 0 Å². The molecule has 0 radical (unpaired) electrons. The molecule has 0 fully saturated rings. The monoisotopic (exact) mass is 235 g/mol. The predicted octanol–water partition coefficient (Wildman–Crippen LogP) is 2.75. The van der Waals surface area contributed by atoms with Gasteiger partial charge < -0.3 is 9.47 Å². The molecule has 0 bridgehead atoms. The number of rotatable bonds is 4. The van der Waals surface area contributed by atoms with Crippen LogP contribution in [0.3, 0.4) is 0 Å². The zero-order valence-corrected chi connectivity index (χ0v) is 10.1. The summed E-state index contributed by atoms with van der Waals surface area (Å²) in [6.45, 7) is 0. The van der Waals surface area contributed by atoms with Crippen molar-refractivity contribution in [1.82, 2.24) is 4.98 Å². The number of pyridine rings is 1. The van der Waals surface area contributed by atoms with E-state index in [1.807, 2.05) is 18.2 Å². The third-order valence-corrected chi connectivity index (χ3v) is 3.14. The Morgan fingerprint density at radius 3 is 2.69 bits per heavy atom. The summed E-state index contributed by atoms with van der Waals surface area (Å²) in [5.74, 6) is 1.21. The van der Waals surface area contributed by atoms with Crippen LogP contribution in [0.1, 0.15) is 10.4 Å². The van der Waals surface area contributed by atoms with E-state index in [1.165, 1.54) is 4.88 Å². The van der Waals surface area contributed by atoms with Crippen molar-refractivity contribution < 1.29 is 9.47 Å². The fraction of sp³-hybridized carbons (Fsp3) is 0.250. The van der Waals surface area contributed by atoms with E-state index in [9.17, 15) is 0 Å². The molecule has 0 saturated heterocycles. The molecule has 0 saturated carbocycles. The van der Waals surface area contributed by atoms with E-state index in [4.69, 9.17) is 9.47 Å². The second-order valence-electron chi connectivity index (χ2n) is 3.28. The molecule has 0 aliphatic heterocycles. The average molecular weight is 235 g/mol. The van der Waals surface area contributed by atoms with Crippen LogP contribution < -0.4 is 9.47 Å². The van der Waals surface area contributed by atoms with Gasteiger partial charge in [-0.2, -0.15) is 4.98 Å². The average Bonchev–Trinajstić information content (AvgIpc) is 2.82. The van der Waals surface area contributed by atoms with Crippen molar-refractivity contribution in [2.45, 2.75) is 6.42 Å². The van der Waals surface area contributed by atoms with Crippen LogP contribution in [-0.2, 0) is 6.42 Å². The van der Waals surface area contributed by atoms with E-state index in [0.717, 1.165) is 12.0 Å². The zero-order valence-electron chi connectivity index (χ0n) is 9.27. The normalized spacial score (nSPS) is 10.1. The van der Waals surface area contributed by atoms with Gasteiger partial charge in [-0.15, -0.1) is 11.3 Å². The van der Waals surface area contributed by atoms with Crippen LogP contribution in [0.15, 0.2) is 29.6 Å². The number of hydrogen-bond acceptors (Lipinski definition) is 4. The van der Waals surface area contributed by atoms with Gasteiger partial charge in [-0.05, 0) is 17.5 Å². The minimum Gasteiger partial charge on any atom is -0.481 e. The van der Waals surface area contributed by atoms with E-state index < -0.39 is 0 Å². The molecule has 3 nitrogen and oxygen atoms in total. The van der Waals surface area contributed by atoms with Gasteiger partial charge in [0.05, 0.1) is 14.2 Å². The molecule has 0 aliphatic rings. The van der Waals surface area contributed by atoms with Gasteiger partial charge in [-0.1, -0.05) is 6.07 Å². The first-order valence-corrected chi connectivity index (χ1v) is 5.81. The highest BCUT2D eigenvalue weighted by molar-refractivity contribution is 7.09. The van der Waals surface area contributed by atoms with Crippen LogP contribution in [0.25, 0.3) is 0 Å². The minimum absolute atomic E-state index is 0.576. The maximum absolute atomic E-state index is 5.25. The maximum Gasteiger partial charge on any atom is 0.219 e. The van der Waals surface area contributed by atoms with E-state index >= 15 is 0 Å². The van der Waals surface area contributed by atoms with Crippen LogP contribution >= 0.6 is 11.3 Å². The van der Waals surface area contributed by atoms with E-state index in [-0.39, 0.29) is 0 Å². The zero-order chi connectivity index (χ0) is 11.4. The molecule has 0 spiro atoms. The van der Waals surface area contributed by atoms with Crippen molar-refractivity contribution in [2.75, 3.05) is 14.2 Å². The molecule has 0 aromatic carbocycles. The van der Waals surface area contributed by atoms with Crippen molar-refractivity contribution in [2.24, 2.45) is 0 Å². The quantitative estimate of drug-likeness (QED) is 0.816. The lowest BCUT2D eigenvalue weighted by Crippen LogP contribution is -1.97. The lowest BCUT2D eigenvalue weighted by atomic mass is 10.2. The second-order valence-corrected chi connectivity index (χ2v) is 4.31. The number of methoxy groups -OCH3 is 2. The summed E-state index contributed by atoms with van der Waals surface area (Å²) in [5, 5.41) is 2.07. The fourth-order valence-corrected chi connectivity index (χ4v) is 2.21. The molecular formula is C12H13NO2S. The van der Waals surface area contributed by atoms with Gasteiger partial charge in [0.1, 0.15) is 0 Å². The first-order chi connectivity index (χ1) is 7.83. The number of nitrogens with zero attached hydrogens (tertiary/aromatic N) is 1. The van der Waals surface area contributed by atoms with Gasteiger partial charge in [-0.25, -0.2) is 0 Å². The Morgan fingerprint density at radius 1 is 1.19 bits per heavy atom. The highest BCUT2D eigenvalue weighted by Gasteiger charge is 2.07. The van der Waals surface area contributed by atoms with Crippen LogP contribution in [0.5, 0.6) is 11.8 Å². The van der Waals surface area contributed by atoms with Gasteiger partial charge in [0.15, 0.2) is 0 Å². The minimum atomic E-state index is 0.576. The highest BCUT2D eigenvalue weighted by atomic mass is 32.1. The highest BCUT2D eigenvalue weighted by Crippen LogP contribution is 2.24. The van der Waals surface area contributed by atoms with Gasteiger partial charge in [0, 0.05) is 22.9 Å². The maximum atomic E-state index is 5.25. The van der Waals surface area contributed by atoms with Crippen molar-refractivity contribution in [3.05, 3.63) is 40.1 Å². The van der Waals surface area contributed by atoms with Crippen LogP contribution in [0.2, 0.25) is 0 Å². The summed E-state index contributed by atoms with van der Waals surface area (Å²) in [6, 6.07) is 7.99. The summed E-state index contributed by atoms with van der Waals surface area (Å²) in [7, 11) is 3.22. The molecule has 2 aromatic rings. The Labute approximate surface area is 98.7 Å². The SMILES string of the molecule is COc1ccc(Cc2cccs2)c(OC)n1. The van der Waals surface area contributed by atoms with Crippen molar-refractivity contribution in [3.8, 4) is 11.8 Å². The third kappa shape index (κ3) is 2.33. The Kier molecular flexibility index (Phi) is 3.41. The molecule has 0 unspecified atom stereocenters. The van der Waals surface area contributed by atoms with E-state index in [0.29, 0.717) is 11.8 Å². The summed E-state index contributed by atoms with van der Waals surface area (Å²) < 4.78 is 10.3. The predicted molar refractivity (Wildman–Crippen MR) is 64.5 cm³/mol. The lowest BCUT2D eigenvalue weighted by molar-refractivity contribution is 0.362. The van der Waals surface area contributed by atoms with Crippen LogP contribution in [0, 0.1) is 0 Å². The summed E-state index contributed by atoms with van der Waals surface area (Å²) in [6.07, 6.45) is 0.845. The molecule has 0 N–H and O–H groups in total. The fourth-order valence-electron chi connectivity index (χ4n) is 1.48. The second kappa shape index (κ2) is 4.99. The summed E-state index contributed by atoms with van der Waals surface area (Å²) >= 11 is 1.73. The molecule has 84 valence electrons. The third-order valence-electron chi connectivity index (χ3n) is 2.26. The van der Waals surface area contributed by atoms with Gasteiger partial charge in [0.2, 0.25) is 11.8 Å². The Bertz CT molecular complexity index is 454. The number of thiophene rings is 1. The molecule has 2 aromatic heterocycles. The van der Waals surface area contributed by atoms with Crippen molar-refractivity contribution >= 4 is 11.3 Å². The lowest BCUT2D eigenvalue weighted by Gasteiger charge is -2.07. The van der Waals surface area contributed by atoms with Gasteiger partial charge >= 0.3 is 0 Å². The van der Waals surface area contributed by atoms with Crippen LogP contribution in [0.4, 0.5) is 0 Å². The Morgan fingerprint density at radius 2 is 2.06 bits per heavy atom. The Hall–Kier alpha value is -1.55.